The van der Waals surface area contributed by atoms with Crippen molar-refractivity contribution in [3.05, 3.63) is 36.3 Å². The van der Waals surface area contributed by atoms with Crippen LogP contribution in [0.3, 0.4) is 0 Å². The second kappa shape index (κ2) is 5.68. The first-order valence-corrected chi connectivity index (χ1v) is 6.68. The molecule has 20 heavy (non-hydrogen) atoms. The second-order valence-corrected chi connectivity index (χ2v) is 4.78. The van der Waals surface area contributed by atoms with E-state index >= 15 is 0 Å². The molecule has 7 nitrogen and oxygen atoms in total. The van der Waals surface area contributed by atoms with Gasteiger partial charge < -0.3 is 4.90 Å². The molecule has 0 radical (unpaired) electrons. The lowest BCUT2D eigenvalue weighted by Crippen LogP contribution is -2.41. The van der Waals surface area contributed by atoms with Crippen molar-refractivity contribution in [2.45, 2.75) is 25.3 Å². The van der Waals surface area contributed by atoms with Crippen LogP contribution in [0, 0.1) is 0 Å². The van der Waals surface area contributed by atoms with Crippen LogP contribution in [0.25, 0.3) is 0 Å². The zero-order valence-corrected chi connectivity index (χ0v) is 11.0. The number of anilines is 1. The van der Waals surface area contributed by atoms with E-state index in [9.17, 15) is 4.79 Å². The molecule has 0 unspecified atom stereocenters. The molecule has 2 N–H and O–H groups in total. The molecule has 0 aliphatic carbocycles. The van der Waals surface area contributed by atoms with Gasteiger partial charge in [-0.15, -0.1) is 5.10 Å². The van der Waals surface area contributed by atoms with E-state index in [1.807, 2.05) is 11.1 Å². The molecular weight excluding hydrogens is 256 g/mol. The molecule has 2 aromatic heterocycles. The minimum Gasteiger partial charge on any atom is -0.317 e. The molecule has 1 saturated heterocycles. The number of amides is 2. The number of H-pyrrole nitrogens is 1. The summed E-state index contributed by atoms with van der Waals surface area (Å²) in [5.41, 5.74) is 1.04. The third-order valence-corrected chi connectivity index (χ3v) is 3.48. The summed E-state index contributed by atoms with van der Waals surface area (Å²) in [6, 6.07) is 3.39. The lowest BCUT2D eigenvalue weighted by atomic mass is 9.98. The summed E-state index contributed by atoms with van der Waals surface area (Å²) in [7, 11) is 0. The van der Waals surface area contributed by atoms with Gasteiger partial charge in [0.2, 0.25) is 0 Å². The molecule has 0 bridgehead atoms. The Hall–Kier alpha value is -2.44. The highest BCUT2D eigenvalue weighted by molar-refractivity contribution is 5.88. The highest BCUT2D eigenvalue weighted by Crippen LogP contribution is 2.30. The van der Waals surface area contributed by atoms with Gasteiger partial charge in [0.25, 0.3) is 0 Å². The van der Waals surface area contributed by atoms with Crippen molar-refractivity contribution in [1.29, 1.82) is 0 Å². The number of likely N-dealkylation sites (tertiary alicyclic amines) is 1. The van der Waals surface area contributed by atoms with E-state index in [-0.39, 0.29) is 12.1 Å². The van der Waals surface area contributed by atoms with Crippen LogP contribution < -0.4 is 5.32 Å². The number of carbonyl (C=O) groups excluding carboxylic acids is 1. The number of aromatic nitrogens is 4. The SMILES string of the molecule is O=C(Nc1cccnn1)N1CCCC[C@H]1c1cn[nH]c1. The lowest BCUT2D eigenvalue weighted by molar-refractivity contribution is 0.163. The largest absolute Gasteiger partial charge is 0.323 e. The van der Waals surface area contributed by atoms with Crippen molar-refractivity contribution >= 4 is 11.8 Å². The summed E-state index contributed by atoms with van der Waals surface area (Å²) in [5, 5.41) is 17.2. The molecule has 1 aliphatic rings. The maximum atomic E-state index is 12.4. The zero-order chi connectivity index (χ0) is 13.8. The number of carbonyl (C=O) groups is 1. The molecule has 1 aliphatic heterocycles. The van der Waals surface area contributed by atoms with Crippen molar-refractivity contribution in [1.82, 2.24) is 25.3 Å². The van der Waals surface area contributed by atoms with Gasteiger partial charge >= 0.3 is 6.03 Å². The summed E-state index contributed by atoms with van der Waals surface area (Å²) < 4.78 is 0. The fourth-order valence-electron chi connectivity index (χ4n) is 2.51. The Labute approximate surface area is 116 Å². The Morgan fingerprint density at radius 1 is 1.45 bits per heavy atom. The Morgan fingerprint density at radius 3 is 3.15 bits per heavy atom. The minimum atomic E-state index is -0.142. The van der Waals surface area contributed by atoms with E-state index in [1.165, 1.54) is 0 Å². The van der Waals surface area contributed by atoms with Crippen LogP contribution in [0.1, 0.15) is 30.9 Å². The van der Waals surface area contributed by atoms with Gasteiger partial charge in [0.05, 0.1) is 12.2 Å². The normalized spacial score (nSPS) is 18.8. The molecule has 2 aromatic rings. The standard InChI is InChI=1S/C13H16N6O/c20-13(17-12-5-3-6-14-18-12)19-7-2-1-4-11(19)10-8-15-16-9-10/h3,5-6,8-9,11H,1-2,4,7H2,(H,15,16)(H,17,18,20)/t11-/m0/s1. The van der Waals surface area contributed by atoms with Crippen LogP contribution in [0.4, 0.5) is 10.6 Å². The van der Waals surface area contributed by atoms with E-state index in [0.717, 1.165) is 31.4 Å². The van der Waals surface area contributed by atoms with Crippen molar-refractivity contribution in [2.75, 3.05) is 11.9 Å². The second-order valence-electron chi connectivity index (χ2n) is 4.78. The number of urea groups is 1. The smallest absolute Gasteiger partial charge is 0.317 e. The van der Waals surface area contributed by atoms with E-state index < -0.39 is 0 Å². The van der Waals surface area contributed by atoms with Crippen molar-refractivity contribution in [2.24, 2.45) is 0 Å². The average Bonchev–Trinajstić information content (AvgIpc) is 3.02. The van der Waals surface area contributed by atoms with Gasteiger partial charge in [-0.3, -0.25) is 10.4 Å². The first-order valence-electron chi connectivity index (χ1n) is 6.68. The van der Waals surface area contributed by atoms with Gasteiger partial charge in [0.1, 0.15) is 0 Å². The van der Waals surface area contributed by atoms with E-state index in [4.69, 9.17) is 0 Å². The summed E-state index contributed by atoms with van der Waals surface area (Å²) >= 11 is 0. The van der Waals surface area contributed by atoms with E-state index in [1.54, 1.807) is 24.5 Å². The van der Waals surface area contributed by atoms with Crippen molar-refractivity contribution in [3.63, 3.8) is 0 Å². The quantitative estimate of drug-likeness (QED) is 0.874. The number of aromatic amines is 1. The zero-order valence-electron chi connectivity index (χ0n) is 11.0. The molecule has 3 heterocycles. The van der Waals surface area contributed by atoms with Crippen LogP contribution in [0.5, 0.6) is 0 Å². The summed E-state index contributed by atoms with van der Waals surface area (Å²) in [4.78, 5) is 14.2. The highest BCUT2D eigenvalue weighted by atomic mass is 16.2. The third kappa shape index (κ3) is 2.61. The number of hydrogen-bond donors (Lipinski definition) is 2. The van der Waals surface area contributed by atoms with Gasteiger partial charge in [-0.25, -0.2) is 4.79 Å². The number of hydrogen-bond acceptors (Lipinski definition) is 4. The topological polar surface area (TPSA) is 86.8 Å². The molecule has 3 rings (SSSR count). The third-order valence-electron chi connectivity index (χ3n) is 3.48. The minimum absolute atomic E-state index is 0.0687. The Balaban J connectivity index is 1.74. The average molecular weight is 272 g/mol. The molecule has 104 valence electrons. The molecule has 0 spiro atoms. The van der Waals surface area contributed by atoms with E-state index in [0.29, 0.717) is 5.82 Å². The Kier molecular flexibility index (Phi) is 3.58. The van der Waals surface area contributed by atoms with Gasteiger partial charge in [0.15, 0.2) is 5.82 Å². The first-order chi connectivity index (χ1) is 9.84. The monoisotopic (exact) mass is 272 g/mol. The highest BCUT2D eigenvalue weighted by Gasteiger charge is 2.28. The number of rotatable bonds is 2. The van der Waals surface area contributed by atoms with Gasteiger partial charge in [0, 0.05) is 24.5 Å². The van der Waals surface area contributed by atoms with Crippen LogP contribution >= 0.6 is 0 Å². The van der Waals surface area contributed by atoms with E-state index in [2.05, 4.69) is 25.7 Å². The lowest BCUT2D eigenvalue weighted by Gasteiger charge is -2.35. The van der Waals surface area contributed by atoms with Gasteiger partial charge in [-0.05, 0) is 31.4 Å². The van der Waals surface area contributed by atoms with Crippen LogP contribution in [0.15, 0.2) is 30.7 Å². The molecule has 7 heteroatoms. The molecule has 1 fully saturated rings. The molecule has 0 saturated carbocycles. The van der Waals surface area contributed by atoms with Gasteiger partial charge in [-0.2, -0.15) is 10.2 Å². The fraction of sp³-hybridized carbons (Fsp3) is 0.385. The molecule has 1 atom stereocenters. The van der Waals surface area contributed by atoms with Crippen LogP contribution in [-0.4, -0.2) is 37.9 Å². The predicted molar refractivity (Wildman–Crippen MR) is 72.9 cm³/mol. The molecule has 2 amide bonds. The maximum Gasteiger partial charge on any atom is 0.323 e. The van der Waals surface area contributed by atoms with Crippen molar-refractivity contribution in [3.8, 4) is 0 Å². The number of piperidine rings is 1. The molecule has 0 aromatic carbocycles. The van der Waals surface area contributed by atoms with Crippen LogP contribution in [-0.2, 0) is 0 Å². The fourth-order valence-corrected chi connectivity index (χ4v) is 2.51. The Bertz CT molecular complexity index is 556. The summed E-state index contributed by atoms with van der Waals surface area (Å²) in [6.07, 6.45) is 8.28. The van der Waals surface area contributed by atoms with Gasteiger partial charge in [-0.1, -0.05) is 0 Å². The van der Waals surface area contributed by atoms with Crippen molar-refractivity contribution < 1.29 is 4.79 Å². The summed E-state index contributed by atoms with van der Waals surface area (Å²) in [6.45, 7) is 0.738. The number of nitrogens with one attached hydrogen (secondary N) is 2. The Morgan fingerprint density at radius 2 is 2.40 bits per heavy atom. The predicted octanol–water partition coefficient (Wildman–Crippen LogP) is 1.96. The molecular formula is C13H16N6O. The summed E-state index contributed by atoms with van der Waals surface area (Å²) in [5.74, 6) is 0.467. The maximum absolute atomic E-state index is 12.4. The first kappa shape index (κ1) is 12.6. The van der Waals surface area contributed by atoms with Crippen LogP contribution in [0.2, 0.25) is 0 Å². The number of nitrogens with zero attached hydrogens (tertiary/aromatic N) is 4.